The van der Waals surface area contributed by atoms with Gasteiger partial charge in [0.05, 0.1) is 5.69 Å². The first-order chi connectivity index (χ1) is 17.9. The molecule has 1 atom stereocenters. The standard InChI is InChI=1S/C26H23ClN8O2/c27-20-9-12-23(35-16-30-33-34-35)19(15-20)8-13-24(36)32-22(14-17-4-2-1-3-5-17)26(37)31-21-10-6-18(7-11-21)25(28)29/h1-13,15-16,22H,14H2,(H3,28,29)(H,31,37)(H,32,36)/b13-8+. The maximum absolute atomic E-state index is 13.1. The number of amides is 2. The summed E-state index contributed by atoms with van der Waals surface area (Å²) in [7, 11) is 0. The van der Waals surface area contributed by atoms with Gasteiger partial charge in [0.2, 0.25) is 11.8 Å². The fourth-order valence-electron chi connectivity index (χ4n) is 3.55. The minimum atomic E-state index is -0.856. The normalized spacial score (nSPS) is 11.7. The highest BCUT2D eigenvalue weighted by Gasteiger charge is 2.21. The first-order valence-electron chi connectivity index (χ1n) is 11.2. The van der Waals surface area contributed by atoms with E-state index in [9.17, 15) is 9.59 Å². The Balaban J connectivity index is 1.51. The number of carbonyl (C=O) groups excluding carboxylic acids is 2. The topological polar surface area (TPSA) is 152 Å². The van der Waals surface area contributed by atoms with Crippen molar-refractivity contribution in [3.8, 4) is 5.69 Å². The number of rotatable bonds is 9. The third-order valence-corrected chi connectivity index (χ3v) is 5.61. The zero-order chi connectivity index (χ0) is 26.2. The lowest BCUT2D eigenvalue weighted by Gasteiger charge is -2.18. The fourth-order valence-corrected chi connectivity index (χ4v) is 3.73. The Morgan fingerprint density at radius 2 is 1.84 bits per heavy atom. The van der Waals surface area contributed by atoms with Crippen molar-refractivity contribution in [2.24, 2.45) is 5.73 Å². The van der Waals surface area contributed by atoms with Crippen molar-refractivity contribution in [3.05, 3.63) is 107 Å². The number of anilines is 1. The third-order valence-electron chi connectivity index (χ3n) is 5.38. The Bertz CT molecular complexity index is 1420. The molecular formula is C26H23ClN8O2. The number of nitrogens with one attached hydrogen (secondary N) is 3. The van der Waals surface area contributed by atoms with Gasteiger partial charge in [0.15, 0.2) is 0 Å². The predicted octanol–water partition coefficient (Wildman–Crippen LogP) is 2.98. The van der Waals surface area contributed by atoms with Gasteiger partial charge in [-0.2, -0.15) is 4.68 Å². The number of hydrogen-bond donors (Lipinski definition) is 4. The van der Waals surface area contributed by atoms with Crippen LogP contribution in [0.5, 0.6) is 0 Å². The maximum atomic E-state index is 13.1. The van der Waals surface area contributed by atoms with Gasteiger partial charge in [0, 0.05) is 34.3 Å². The van der Waals surface area contributed by atoms with Crippen LogP contribution in [0.4, 0.5) is 5.69 Å². The number of benzene rings is 3. The number of hydrogen-bond acceptors (Lipinski definition) is 6. The van der Waals surface area contributed by atoms with Gasteiger partial charge in [-0.3, -0.25) is 15.0 Å². The van der Waals surface area contributed by atoms with Crippen LogP contribution >= 0.6 is 11.6 Å². The summed E-state index contributed by atoms with van der Waals surface area (Å²) in [5.41, 5.74) is 8.68. The van der Waals surface area contributed by atoms with E-state index in [1.165, 1.54) is 17.1 Å². The molecule has 0 saturated carbocycles. The number of aromatic nitrogens is 4. The first-order valence-corrected chi connectivity index (χ1v) is 11.6. The molecule has 10 nitrogen and oxygen atoms in total. The molecule has 0 saturated heterocycles. The molecular weight excluding hydrogens is 492 g/mol. The van der Waals surface area contributed by atoms with Crippen molar-refractivity contribution in [3.63, 3.8) is 0 Å². The van der Waals surface area contributed by atoms with Crippen molar-refractivity contribution in [2.45, 2.75) is 12.5 Å². The zero-order valence-corrected chi connectivity index (χ0v) is 20.3. The number of halogens is 1. The van der Waals surface area contributed by atoms with Gasteiger partial charge in [-0.15, -0.1) is 5.10 Å². The van der Waals surface area contributed by atoms with E-state index < -0.39 is 17.9 Å². The van der Waals surface area contributed by atoms with Crippen LogP contribution in [0.2, 0.25) is 5.02 Å². The van der Waals surface area contributed by atoms with Gasteiger partial charge in [-0.25, -0.2) is 0 Å². The summed E-state index contributed by atoms with van der Waals surface area (Å²) in [5, 5.41) is 24.7. The Morgan fingerprint density at radius 3 is 2.51 bits per heavy atom. The van der Waals surface area contributed by atoms with Gasteiger partial charge in [-0.05, 0) is 64.5 Å². The molecule has 0 bridgehead atoms. The third kappa shape index (κ3) is 6.86. The Labute approximate surface area is 217 Å². The van der Waals surface area contributed by atoms with Crippen LogP contribution in [0, 0.1) is 5.41 Å². The molecule has 3 aromatic carbocycles. The van der Waals surface area contributed by atoms with Crippen LogP contribution in [0.1, 0.15) is 16.7 Å². The lowest BCUT2D eigenvalue weighted by molar-refractivity contribution is -0.123. The number of nitrogen functional groups attached to an aromatic ring is 1. The number of carbonyl (C=O) groups is 2. The second-order valence-corrected chi connectivity index (χ2v) is 8.46. The molecule has 2 amide bonds. The van der Waals surface area contributed by atoms with Crippen LogP contribution in [0.25, 0.3) is 11.8 Å². The van der Waals surface area contributed by atoms with Gasteiger partial charge >= 0.3 is 0 Å². The van der Waals surface area contributed by atoms with E-state index in [4.69, 9.17) is 22.7 Å². The predicted molar refractivity (Wildman–Crippen MR) is 141 cm³/mol. The highest BCUT2D eigenvalue weighted by Crippen LogP contribution is 2.20. The monoisotopic (exact) mass is 514 g/mol. The van der Waals surface area contributed by atoms with Gasteiger partial charge in [0.1, 0.15) is 18.2 Å². The van der Waals surface area contributed by atoms with E-state index in [2.05, 4.69) is 26.2 Å². The Kier molecular flexibility index (Phi) is 8.01. The lowest BCUT2D eigenvalue weighted by atomic mass is 10.0. The molecule has 0 radical (unpaired) electrons. The van der Waals surface area contributed by atoms with E-state index in [-0.39, 0.29) is 12.3 Å². The minimum Gasteiger partial charge on any atom is -0.384 e. The van der Waals surface area contributed by atoms with Crippen LogP contribution in [0.15, 0.2) is 85.2 Å². The highest BCUT2D eigenvalue weighted by atomic mass is 35.5. The molecule has 4 rings (SSSR count). The second-order valence-electron chi connectivity index (χ2n) is 8.02. The molecule has 1 unspecified atom stereocenters. The molecule has 186 valence electrons. The number of amidine groups is 1. The van der Waals surface area contributed by atoms with Crippen molar-refractivity contribution >= 4 is 41.0 Å². The summed E-state index contributed by atoms with van der Waals surface area (Å²) in [6.07, 6.45) is 4.62. The number of nitrogens with zero attached hydrogens (tertiary/aromatic N) is 4. The molecule has 0 spiro atoms. The number of tetrazole rings is 1. The van der Waals surface area contributed by atoms with Crippen molar-refractivity contribution in [1.82, 2.24) is 25.5 Å². The highest BCUT2D eigenvalue weighted by molar-refractivity contribution is 6.30. The fraction of sp³-hybridized carbons (Fsp3) is 0.0769. The summed E-state index contributed by atoms with van der Waals surface area (Å²) in [5.74, 6) is -0.925. The summed E-state index contributed by atoms with van der Waals surface area (Å²) < 4.78 is 1.46. The molecule has 1 heterocycles. The molecule has 5 N–H and O–H groups in total. The largest absolute Gasteiger partial charge is 0.384 e. The smallest absolute Gasteiger partial charge is 0.247 e. The SMILES string of the molecule is N=C(N)c1ccc(NC(=O)C(Cc2ccccc2)NC(=O)/C=C/c2cc(Cl)ccc2-n2cnnn2)cc1. The average Bonchev–Trinajstić information content (AvgIpc) is 3.43. The minimum absolute atomic E-state index is 0.0678. The van der Waals surface area contributed by atoms with Gasteiger partial charge in [0.25, 0.3) is 0 Å². The van der Waals surface area contributed by atoms with Crippen molar-refractivity contribution < 1.29 is 9.59 Å². The van der Waals surface area contributed by atoms with E-state index in [0.29, 0.717) is 27.5 Å². The lowest BCUT2D eigenvalue weighted by Crippen LogP contribution is -2.44. The average molecular weight is 515 g/mol. The Morgan fingerprint density at radius 1 is 1.08 bits per heavy atom. The van der Waals surface area contributed by atoms with E-state index in [1.807, 2.05) is 30.3 Å². The molecule has 0 aliphatic heterocycles. The molecule has 1 aromatic heterocycles. The Hall–Kier alpha value is -4.83. The summed E-state index contributed by atoms with van der Waals surface area (Å²) in [4.78, 5) is 26.0. The first kappa shape index (κ1) is 25.3. The van der Waals surface area contributed by atoms with E-state index >= 15 is 0 Å². The molecule has 0 aliphatic rings. The maximum Gasteiger partial charge on any atom is 0.247 e. The molecule has 0 fully saturated rings. The summed E-state index contributed by atoms with van der Waals surface area (Å²) >= 11 is 6.15. The van der Waals surface area contributed by atoms with Crippen molar-refractivity contribution in [2.75, 3.05) is 5.32 Å². The van der Waals surface area contributed by atoms with Crippen LogP contribution < -0.4 is 16.4 Å². The quantitative estimate of drug-likeness (QED) is 0.153. The molecule has 37 heavy (non-hydrogen) atoms. The van der Waals surface area contributed by atoms with Gasteiger partial charge < -0.3 is 16.4 Å². The van der Waals surface area contributed by atoms with E-state index in [0.717, 1.165) is 5.56 Å². The van der Waals surface area contributed by atoms with Crippen molar-refractivity contribution in [1.29, 1.82) is 5.41 Å². The second kappa shape index (κ2) is 11.7. The van der Waals surface area contributed by atoms with E-state index in [1.54, 1.807) is 48.5 Å². The van der Waals surface area contributed by atoms with Crippen LogP contribution in [-0.4, -0.2) is 43.9 Å². The molecule has 4 aromatic rings. The zero-order valence-electron chi connectivity index (χ0n) is 19.5. The number of nitrogens with two attached hydrogens (primary N) is 1. The summed E-state index contributed by atoms with van der Waals surface area (Å²) in [6, 6.07) is 20.2. The molecule has 0 aliphatic carbocycles. The molecule has 11 heteroatoms. The van der Waals surface area contributed by atoms with Crippen LogP contribution in [0.3, 0.4) is 0 Å². The van der Waals surface area contributed by atoms with Gasteiger partial charge in [-0.1, -0.05) is 41.9 Å². The van der Waals surface area contributed by atoms with Crippen LogP contribution in [-0.2, 0) is 16.0 Å². The summed E-state index contributed by atoms with van der Waals surface area (Å²) in [6.45, 7) is 0.